The average Bonchev–Trinajstić information content (AvgIpc) is 2.85. The number of aryl methyl sites for hydroxylation is 1. The number of ether oxygens (including phenoxy) is 1. The molecule has 0 radical (unpaired) electrons. The largest absolute Gasteiger partial charge is 0.384 e. The van der Waals surface area contributed by atoms with Crippen molar-refractivity contribution in [1.82, 2.24) is 9.88 Å². The molecule has 1 aromatic rings. The van der Waals surface area contributed by atoms with E-state index in [1.54, 1.807) is 13.2 Å². The van der Waals surface area contributed by atoms with Crippen LogP contribution in [0.4, 0.5) is 5.82 Å². The molecule has 98 valence electrons. The van der Waals surface area contributed by atoms with Crippen LogP contribution in [0.5, 0.6) is 0 Å². The minimum atomic E-state index is 0.0124. The van der Waals surface area contributed by atoms with Gasteiger partial charge in [-0.05, 0) is 25.0 Å². The van der Waals surface area contributed by atoms with Crippen molar-refractivity contribution in [3.05, 3.63) is 23.4 Å². The fraction of sp³-hybridized carbons (Fsp3) is 0.538. The van der Waals surface area contributed by atoms with Gasteiger partial charge in [-0.3, -0.25) is 4.79 Å². The maximum Gasteiger partial charge on any atom is 0.254 e. The highest BCUT2D eigenvalue weighted by Crippen LogP contribution is 2.17. The SMILES string of the molecule is CCc1cc(C(=O)N2CCC(OC)C2)cc(N)n1. The number of rotatable bonds is 3. The third-order valence-corrected chi connectivity index (χ3v) is 3.27. The molecule has 18 heavy (non-hydrogen) atoms. The fourth-order valence-electron chi connectivity index (χ4n) is 2.20. The number of methoxy groups -OCH3 is 1. The standard InChI is InChI=1S/C13H19N3O2/c1-3-10-6-9(7-12(14)15-10)13(17)16-5-4-11(8-16)18-2/h6-7,11H,3-5,8H2,1-2H3,(H2,14,15). The van der Waals surface area contributed by atoms with Crippen molar-refractivity contribution < 1.29 is 9.53 Å². The lowest BCUT2D eigenvalue weighted by molar-refractivity contribution is 0.0724. The number of hydrogen-bond acceptors (Lipinski definition) is 4. The number of nitrogens with two attached hydrogens (primary N) is 1. The summed E-state index contributed by atoms with van der Waals surface area (Å²) >= 11 is 0. The van der Waals surface area contributed by atoms with Crippen molar-refractivity contribution in [2.45, 2.75) is 25.9 Å². The van der Waals surface area contributed by atoms with Crippen LogP contribution in [0.3, 0.4) is 0 Å². The summed E-state index contributed by atoms with van der Waals surface area (Å²) < 4.78 is 5.27. The second kappa shape index (κ2) is 5.35. The third kappa shape index (κ3) is 2.61. The average molecular weight is 249 g/mol. The Kier molecular flexibility index (Phi) is 3.81. The van der Waals surface area contributed by atoms with Crippen LogP contribution in [-0.2, 0) is 11.2 Å². The van der Waals surface area contributed by atoms with E-state index in [-0.39, 0.29) is 12.0 Å². The van der Waals surface area contributed by atoms with Gasteiger partial charge in [0.2, 0.25) is 0 Å². The van der Waals surface area contributed by atoms with Gasteiger partial charge in [-0.2, -0.15) is 0 Å². The maximum atomic E-state index is 12.3. The molecular formula is C13H19N3O2. The number of hydrogen-bond donors (Lipinski definition) is 1. The number of pyridine rings is 1. The van der Waals surface area contributed by atoms with Crippen LogP contribution >= 0.6 is 0 Å². The molecule has 0 saturated carbocycles. The van der Waals surface area contributed by atoms with Crippen molar-refractivity contribution in [3.63, 3.8) is 0 Å². The van der Waals surface area contributed by atoms with E-state index in [9.17, 15) is 4.79 Å². The van der Waals surface area contributed by atoms with Crippen molar-refractivity contribution >= 4 is 11.7 Å². The summed E-state index contributed by atoms with van der Waals surface area (Å²) in [6.45, 7) is 3.38. The van der Waals surface area contributed by atoms with E-state index in [4.69, 9.17) is 10.5 Å². The molecule has 5 heteroatoms. The minimum absolute atomic E-state index is 0.0124. The van der Waals surface area contributed by atoms with Crippen molar-refractivity contribution in [1.29, 1.82) is 0 Å². The Bertz CT molecular complexity index is 448. The number of anilines is 1. The minimum Gasteiger partial charge on any atom is -0.384 e. The van der Waals surface area contributed by atoms with Gasteiger partial charge in [-0.1, -0.05) is 6.92 Å². The quantitative estimate of drug-likeness (QED) is 0.870. The summed E-state index contributed by atoms with van der Waals surface area (Å²) in [5.74, 6) is 0.415. The van der Waals surface area contributed by atoms with E-state index in [2.05, 4.69) is 4.98 Å². The molecule has 1 unspecified atom stereocenters. The Labute approximate surface area is 107 Å². The molecule has 1 aliphatic rings. The molecule has 0 bridgehead atoms. The molecule has 1 aromatic heterocycles. The Morgan fingerprint density at radius 3 is 3.00 bits per heavy atom. The monoisotopic (exact) mass is 249 g/mol. The maximum absolute atomic E-state index is 12.3. The van der Waals surface area contributed by atoms with E-state index in [0.29, 0.717) is 17.9 Å². The number of nitrogens with zero attached hydrogens (tertiary/aromatic N) is 2. The van der Waals surface area contributed by atoms with Crippen LogP contribution in [0, 0.1) is 0 Å². The topological polar surface area (TPSA) is 68.5 Å². The first kappa shape index (κ1) is 12.8. The Morgan fingerprint density at radius 2 is 2.39 bits per heavy atom. The number of carbonyl (C=O) groups is 1. The van der Waals surface area contributed by atoms with Gasteiger partial charge in [0.1, 0.15) is 5.82 Å². The number of aromatic nitrogens is 1. The second-order valence-corrected chi connectivity index (χ2v) is 4.52. The van der Waals surface area contributed by atoms with Gasteiger partial charge in [0.15, 0.2) is 0 Å². The molecule has 1 amide bonds. The first-order valence-electron chi connectivity index (χ1n) is 6.22. The molecule has 2 N–H and O–H groups in total. The summed E-state index contributed by atoms with van der Waals surface area (Å²) in [4.78, 5) is 18.3. The first-order chi connectivity index (χ1) is 8.63. The molecule has 1 aliphatic heterocycles. The van der Waals surface area contributed by atoms with Crippen LogP contribution in [0.2, 0.25) is 0 Å². The van der Waals surface area contributed by atoms with Crippen LogP contribution in [0.15, 0.2) is 12.1 Å². The zero-order chi connectivity index (χ0) is 13.1. The third-order valence-electron chi connectivity index (χ3n) is 3.27. The van der Waals surface area contributed by atoms with Gasteiger partial charge in [-0.15, -0.1) is 0 Å². The van der Waals surface area contributed by atoms with Crippen LogP contribution in [0.25, 0.3) is 0 Å². The van der Waals surface area contributed by atoms with E-state index >= 15 is 0 Å². The van der Waals surface area contributed by atoms with Gasteiger partial charge < -0.3 is 15.4 Å². The van der Waals surface area contributed by atoms with Gasteiger partial charge >= 0.3 is 0 Å². The lowest BCUT2D eigenvalue weighted by Gasteiger charge is -2.16. The highest BCUT2D eigenvalue weighted by atomic mass is 16.5. The van der Waals surface area contributed by atoms with Crippen LogP contribution < -0.4 is 5.73 Å². The van der Waals surface area contributed by atoms with Gasteiger partial charge in [-0.25, -0.2) is 4.98 Å². The van der Waals surface area contributed by atoms with Crippen LogP contribution in [0.1, 0.15) is 29.4 Å². The molecule has 5 nitrogen and oxygen atoms in total. The second-order valence-electron chi connectivity index (χ2n) is 4.52. The lowest BCUT2D eigenvalue weighted by atomic mass is 10.1. The fourth-order valence-corrected chi connectivity index (χ4v) is 2.20. The predicted octanol–water partition coefficient (Wildman–Crippen LogP) is 1.09. The molecule has 0 spiro atoms. The van der Waals surface area contributed by atoms with Crippen molar-refractivity contribution in [2.75, 3.05) is 25.9 Å². The zero-order valence-electron chi connectivity index (χ0n) is 10.8. The van der Waals surface area contributed by atoms with E-state index in [1.165, 1.54) is 0 Å². The normalized spacial score (nSPS) is 19.2. The smallest absolute Gasteiger partial charge is 0.254 e. The van der Waals surface area contributed by atoms with Crippen molar-refractivity contribution in [2.24, 2.45) is 0 Å². The predicted molar refractivity (Wildman–Crippen MR) is 69.3 cm³/mol. The van der Waals surface area contributed by atoms with Gasteiger partial charge in [0, 0.05) is 31.5 Å². The Morgan fingerprint density at radius 1 is 1.61 bits per heavy atom. The van der Waals surface area contributed by atoms with E-state index < -0.39 is 0 Å². The number of likely N-dealkylation sites (tertiary alicyclic amines) is 1. The molecule has 1 fully saturated rings. The van der Waals surface area contributed by atoms with Crippen molar-refractivity contribution in [3.8, 4) is 0 Å². The number of amides is 1. The lowest BCUT2D eigenvalue weighted by Crippen LogP contribution is -2.30. The molecule has 0 aromatic carbocycles. The zero-order valence-corrected chi connectivity index (χ0v) is 10.8. The molecule has 2 rings (SSSR count). The van der Waals surface area contributed by atoms with E-state index in [1.807, 2.05) is 17.9 Å². The highest BCUT2D eigenvalue weighted by molar-refractivity contribution is 5.95. The Balaban J connectivity index is 2.16. The summed E-state index contributed by atoms with van der Waals surface area (Å²) in [6.07, 6.45) is 1.81. The molecular weight excluding hydrogens is 230 g/mol. The van der Waals surface area contributed by atoms with E-state index in [0.717, 1.165) is 25.1 Å². The Hall–Kier alpha value is -1.62. The van der Waals surface area contributed by atoms with Crippen LogP contribution in [-0.4, -0.2) is 42.1 Å². The van der Waals surface area contributed by atoms with Gasteiger partial charge in [0.25, 0.3) is 5.91 Å². The first-order valence-corrected chi connectivity index (χ1v) is 6.22. The summed E-state index contributed by atoms with van der Waals surface area (Å²) in [5.41, 5.74) is 7.19. The molecule has 1 saturated heterocycles. The molecule has 2 heterocycles. The summed E-state index contributed by atoms with van der Waals surface area (Å²) in [7, 11) is 1.68. The summed E-state index contributed by atoms with van der Waals surface area (Å²) in [6, 6.07) is 3.46. The van der Waals surface area contributed by atoms with Gasteiger partial charge in [0.05, 0.1) is 6.10 Å². The molecule has 0 aliphatic carbocycles. The highest BCUT2D eigenvalue weighted by Gasteiger charge is 2.27. The number of carbonyl (C=O) groups excluding carboxylic acids is 1. The molecule has 1 atom stereocenters. The summed E-state index contributed by atoms with van der Waals surface area (Å²) in [5, 5.41) is 0. The number of nitrogen functional groups attached to an aromatic ring is 1.